The Labute approximate surface area is 75.0 Å². The summed E-state index contributed by atoms with van der Waals surface area (Å²) >= 11 is 0. The monoisotopic (exact) mass is 179 g/mol. The van der Waals surface area contributed by atoms with Gasteiger partial charge < -0.3 is 5.73 Å². The number of hydrogen-bond acceptors (Lipinski definition) is 2. The summed E-state index contributed by atoms with van der Waals surface area (Å²) in [6, 6.07) is 2.76. The molecule has 0 saturated heterocycles. The number of nitrogens with two attached hydrogens (primary N) is 1. The van der Waals surface area contributed by atoms with Crippen LogP contribution in [0, 0.1) is 5.82 Å². The van der Waals surface area contributed by atoms with Crippen LogP contribution in [0.2, 0.25) is 0 Å². The zero-order chi connectivity index (χ0) is 9.42. The summed E-state index contributed by atoms with van der Waals surface area (Å²) in [4.78, 5) is 0. The quantitative estimate of drug-likeness (QED) is 0.678. The van der Waals surface area contributed by atoms with Gasteiger partial charge in [-0.1, -0.05) is 0 Å². The largest absolute Gasteiger partial charge is 0.398 e. The van der Waals surface area contributed by atoms with Crippen molar-refractivity contribution < 1.29 is 4.39 Å². The summed E-state index contributed by atoms with van der Waals surface area (Å²) < 4.78 is 14.7. The van der Waals surface area contributed by atoms with Gasteiger partial charge in [0.15, 0.2) is 0 Å². The van der Waals surface area contributed by atoms with Gasteiger partial charge in [-0.3, -0.25) is 4.68 Å². The van der Waals surface area contributed by atoms with E-state index in [1.165, 1.54) is 12.1 Å². The Bertz CT molecular complexity index is 447. The van der Waals surface area contributed by atoms with E-state index in [4.69, 9.17) is 5.73 Å². The van der Waals surface area contributed by atoms with Gasteiger partial charge >= 0.3 is 0 Å². The van der Waals surface area contributed by atoms with E-state index in [2.05, 4.69) is 5.10 Å². The molecule has 0 amide bonds. The molecule has 13 heavy (non-hydrogen) atoms. The molecular formula is C9H10FN3. The van der Waals surface area contributed by atoms with Crippen LogP contribution in [0.25, 0.3) is 10.9 Å². The minimum atomic E-state index is -0.319. The van der Waals surface area contributed by atoms with Crippen LogP contribution < -0.4 is 5.73 Å². The van der Waals surface area contributed by atoms with Crippen LogP contribution in [0.15, 0.2) is 18.3 Å². The topological polar surface area (TPSA) is 43.8 Å². The number of hydrogen-bond donors (Lipinski definition) is 1. The SMILES string of the molecule is CCn1ncc2c(N)cc(F)cc21. The molecule has 0 aliphatic heterocycles. The maximum absolute atomic E-state index is 13.0. The molecule has 0 spiro atoms. The molecule has 0 bridgehead atoms. The van der Waals surface area contributed by atoms with Gasteiger partial charge in [0.2, 0.25) is 0 Å². The first-order valence-electron chi connectivity index (χ1n) is 4.13. The summed E-state index contributed by atoms with van der Waals surface area (Å²) in [5.74, 6) is -0.319. The highest BCUT2D eigenvalue weighted by Gasteiger charge is 2.05. The highest BCUT2D eigenvalue weighted by molar-refractivity contribution is 5.90. The highest BCUT2D eigenvalue weighted by atomic mass is 19.1. The number of halogens is 1. The van der Waals surface area contributed by atoms with Crippen molar-refractivity contribution in [2.75, 3.05) is 5.73 Å². The number of fused-ring (bicyclic) bond motifs is 1. The molecule has 0 saturated carbocycles. The van der Waals surface area contributed by atoms with E-state index in [-0.39, 0.29) is 5.82 Å². The Kier molecular flexibility index (Phi) is 1.69. The minimum absolute atomic E-state index is 0.319. The van der Waals surface area contributed by atoms with Crippen molar-refractivity contribution in [2.24, 2.45) is 0 Å². The lowest BCUT2D eigenvalue weighted by atomic mass is 10.2. The van der Waals surface area contributed by atoms with Crippen molar-refractivity contribution >= 4 is 16.6 Å². The number of nitrogen functional groups attached to an aromatic ring is 1. The van der Waals surface area contributed by atoms with Crippen molar-refractivity contribution in [3.8, 4) is 0 Å². The molecule has 68 valence electrons. The number of anilines is 1. The lowest BCUT2D eigenvalue weighted by Gasteiger charge is -2.00. The molecule has 2 aromatic rings. The lowest BCUT2D eigenvalue weighted by Crippen LogP contribution is -1.96. The Morgan fingerprint density at radius 1 is 1.54 bits per heavy atom. The van der Waals surface area contributed by atoms with Gasteiger partial charge in [0.1, 0.15) is 5.82 Å². The van der Waals surface area contributed by atoms with Crippen LogP contribution in [-0.4, -0.2) is 9.78 Å². The maximum atomic E-state index is 13.0. The third-order valence-electron chi connectivity index (χ3n) is 2.06. The van der Waals surface area contributed by atoms with Crippen LogP contribution in [0.5, 0.6) is 0 Å². The molecule has 0 aliphatic rings. The third-order valence-corrected chi connectivity index (χ3v) is 2.06. The third kappa shape index (κ3) is 1.14. The smallest absolute Gasteiger partial charge is 0.127 e. The van der Waals surface area contributed by atoms with E-state index >= 15 is 0 Å². The van der Waals surface area contributed by atoms with Gasteiger partial charge in [-0.05, 0) is 19.1 Å². The molecule has 0 aliphatic carbocycles. The molecule has 2 rings (SSSR count). The summed E-state index contributed by atoms with van der Waals surface area (Å²) in [5.41, 5.74) is 6.82. The second-order valence-corrected chi connectivity index (χ2v) is 2.89. The fraction of sp³-hybridized carbons (Fsp3) is 0.222. The molecular weight excluding hydrogens is 169 g/mol. The number of benzene rings is 1. The number of aryl methyl sites for hydroxylation is 1. The van der Waals surface area contributed by atoms with Gasteiger partial charge in [-0.15, -0.1) is 0 Å². The first kappa shape index (κ1) is 8.04. The summed E-state index contributed by atoms with van der Waals surface area (Å²) in [6.45, 7) is 2.67. The van der Waals surface area contributed by atoms with Gasteiger partial charge in [-0.2, -0.15) is 5.10 Å². The first-order valence-corrected chi connectivity index (χ1v) is 4.13. The number of nitrogens with zero attached hydrogens (tertiary/aromatic N) is 2. The molecule has 2 N–H and O–H groups in total. The zero-order valence-corrected chi connectivity index (χ0v) is 7.29. The second-order valence-electron chi connectivity index (χ2n) is 2.89. The maximum Gasteiger partial charge on any atom is 0.127 e. The van der Waals surface area contributed by atoms with E-state index in [1.54, 1.807) is 10.9 Å². The van der Waals surface area contributed by atoms with Crippen molar-refractivity contribution in [1.82, 2.24) is 9.78 Å². The standard InChI is InChI=1S/C9H10FN3/c1-2-13-9-4-6(10)3-8(11)7(9)5-12-13/h3-5H,2,11H2,1H3. The average molecular weight is 179 g/mol. The zero-order valence-electron chi connectivity index (χ0n) is 7.29. The van der Waals surface area contributed by atoms with Crippen molar-refractivity contribution in [3.05, 3.63) is 24.1 Å². The predicted molar refractivity (Wildman–Crippen MR) is 49.8 cm³/mol. The van der Waals surface area contributed by atoms with Gasteiger partial charge in [-0.25, -0.2) is 4.39 Å². The molecule has 1 aromatic heterocycles. The first-order chi connectivity index (χ1) is 6.22. The normalized spacial score (nSPS) is 10.9. The fourth-order valence-electron chi connectivity index (χ4n) is 1.42. The summed E-state index contributed by atoms with van der Waals surface area (Å²) in [5, 5.41) is 4.89. The van der Waals surface area contributed by atoms with Crippen LogP contribution in [0.3, 0.4) is 0 Å². The summed E-state index contributed by atoms with van der Waals surface area (Å²) in [6.07, 6.45) is 1.66. The Balaban J connectivity index is 2.82. The van der Waals surface area contributed by atoms with Gasteiger partial charge in [0.25, 0.3) is 0 Å². The van der Waals surface area contributed by atoms with Crippen molar-refractivity contribution in [2.45, 2.75) is 13.5 Å². The van der Waals surface area contributed by atoms with E-state index in [0.29, 0.717) is 12.2 Å². The van der Waals surface area contributed by atoms with E-state index in [0.717, 1.165) is 10.9 Å². The number of aromatic nitrogens is 2. The second kappa shape index (κ2) is 2.73. The van der Waals surface area contributed by atoms with E-state index in [9.17, 15) is 4.39 Å². The molecule has 0 unspecified atom stereocenters. The van der Waals surface area contributed by atoms with E-state index in [1.807, 2.05) is 6.92 Å². The van der Waals surface area contributed by atoms with Crippen LogP contribution in [-0.2, 0) is 6.54 Å². The van der Waals surface area contributed by atoms with Crippen LogP contribution >= 0.6 is 0 Å². The minimum Gasteiger partial charge on any atom is -0.398 e. The molecule has 0 radical (unpaired) electrons. The molecule has 0 fully saturated rings. The Morgan fingerprint density at radius 3 is 3.00 bits per heavy atom. The van der Waals surface area contributed by atoms with Crippen molar-refractivity contribution in [3.63, 3.8) is 0 Å². The van der Waals surface area contributed by atoms with Gasteiger partial charge in [0.05, 0.1) is 11.7 Å². The Morgan fingerprint density at radius 2 is 2.31 bits per heavy atom. The van der Waals surface area contributed by atoms with E-state index < -0.39 is 0 Å². The summed E-state index contributed by atoms with van der Waals surface area (Å²) in [7, 11) is 0. The molecule has 4 heteroatoms. The van der Waals surface area contributed by atoms with Gasteiger partial charge in [0, 0.05) is 17.6 Å². The predicted octanol–water partition coefficient (Wildman–Crippen LogP) is 1.78. The average Bonchev–Trinajstić information content (AvgIpc) is 2.47. The highest BCUT2D eigenvalue weighted by Crippen LogP contribution is 2.21. The fourth-order valence-corrected chi connectivity index (χ4v) is 1.42. The Hall–Kier alpha value is -1.58. The molecule has 1 aromatic carbocycles. The van der Waals surface area contributed by atoms with Crippen LogP contribution in [0.4, 0.5) is 10.1 Å². The molecule has 0 atom stereocenters. The van der Waals surface area contributed by atoms with Crippen molar-refractivity contribution in [1.29, 1.82) is 0 Å². The lowest BCUT2D eigenvalue weighted by molar-refractivity contribution is 0.626. The molecule has 1 heterocycles. The number of rotatable bonds is 1. The molecule has 3 nitrogen and oxygen atoms in total. The van der Waals surface area contributed by atoms with Crippen LogP contribution in [0.1, 0.15) is 6.92 Å².